The van der Waals surface area contributed by atoms with E-state index >= 15 is 0 Å². The van der Waals surface area contributed by atoms with E-state index in [0.717, 1.165) is 6.07 Å². The lowest BCUT2D eigenvalue weighted by atomic mass is 10.0. The number of hydrogen-bond acceptors (Lipinski definition) is 3. The topological polar surface area (TPSA) is 85.8 Å². The van der Waals surface area contributed by atoms with Gasteiger partial charge in [0.05, 0.1) is 23.8 Å². The summed E-state index contributed by atoms with van der Waals surface area (Å²) in [7, 11) is -3.68. The summed E-state index contributed by atoms with van der Waals surface area (Å²) in [6, 6.07) is 8.11. The van der Waals surface area contributed by atoms with E-state index in [-0.39, 0.29) is 29.1 Å². The number of rotatable bonds is 5. The Morgan fingerprint density at radius 3 is 2.54 bits per heavy atom. The van der Waals surface area contributed by atoms with Gasteiger partial charge < -0.3 is 4.98 Å². The highest BCUT2D eigenvalue weighted by Gasteiger charge is 2.34. The fourth-order valence-corrected chi connectivity index (χ4v) is 2.74. The molecule has 0 bridgehead atoms. The SMILES string of the molecule is CCS(=O)(=O)Nc1ccc(-c2ccc(CC#N)[nH]2)c(C(F)(F)F)c1. The molecule has 9 heteroatoms. The highest BCUT2D eigenvalue weighted by molar-refractivity contribution is 7.92. The Hall–Kier alpha value is -2.47. The second-order valence-electron chi connectivity index (χ2n) is 5.00. The van der Waals surface area contributed by atoms with Crippen LogP contribution in [0.4, 0.5) is 18.9 Å². The predicted octanol–water partition coefficient (Wildman–Crippen LogP) is 3.53. The smallest absolute Gasteiger partial charge is 0.358 e. The molecule has 128 valence electrons. The fourth-order valence-electron chi connectivity index (χ4n) is 2.11. The number of H-pyrrole nitrogens is 1. The maximum atomic E-state index is 13.3. The van der Waals surface area contributed by atoms with Crippen LogP contribution in [-0.2, 0) is 22.6 Å². The monoisotopic (exact) mass is 357 g/mol. The van der Waals surface area contributed by atoms with Crippen LogP contribution in [0.15, 0.2) is 30.3 Å². The number of sulfonamides is 1. The second-order valence-corrected chi connectivity index (χ2v) is 7.01. The van der Waals surface area contributed by atoms with E-state index in [1.54, 1.807) is 0 Å². The largest absolute Gasteiger partial charge is 0.417 e. The molecule has 5 nitrogen and oxygen atoms in total. The molecule has 0 unspecified atom stereocenters. The van der Waals surface area contributed by atoms with E-state index in [1.165, 1.54) is 31.2 Å². The van der Waals surface area contributed by atoms with Gasteiger partial charge in [0.25, 0.3) is 0 Å². The number of nitrogens with zero attached hydrogens (tertiary/aromatic N) is 1. The van der Waals surface area contributed by atoms with E-state index in [4.69, 9.17) is 5.26 Å². The first-order chi connectivity index (χ1) is 11.2. The molecule has 0 aliphatic heterocycles. The van der Waals surface area contributed by atoms with Gasteiger partial charge in [-0.15, -0.1) is 0 Å². The third-order valence-electron chi connectivity index (χ3n) is 3.28. The first-order valence-electron chi connectivity index (χ1n) is 6.93. The molecule has 24 heavy (non-hydrogen) atoms. The Kier molecular flexibility index (Phi) is 4.89. The standard InChI is InChI=1S/C15H14F3N3O2S/c1-2-24(22,23)21-11-3-5-12(13(9-11)15(16,17)18)14-6-4-10(20-14)7-8-19/h3-6,9,20-21H,2,7H2,1H3. The Morgan fingerprint density at radius 1 is 1.25 bits per heavy atom. The van der Waals surface area contributed by atoms with Crippen LogP contribution in [0.3, 0.4) is 0 Å². The molecule has 0 amide bonds. The number of aromatic nitrogens is 1. The molecule has 0 fully saturated rings. The quantitative estimate of drug-likeness (QED) is 0.858. The zero-order valence-electron chi connectivity index (χ0n) is 12.6. The molecular weight excluding hydrogens is 343 g/mol. The first-order valence-corrected chi connectivity index (χ1v) is 8.58. The van der Waals surface area contributed by atoms with Crippen LogP contribution in [0.25, 0.3) is 11.3 Å². The minimum absolute atomic E-state index is 0.0513. The van der Waals surface area contributed by atoms with E-state index in [9.17, 15) is 21.6 Å². The third kappa shape index (κ3) is 4.08. The molecule has 1 aromatic carbocycles. The fraction of sp³-hybridized carbons (Fsp3) is 0.267. The molecule has 0 aliphatic carbocycles. The van der Waals surface area contributed by atoms with Gasteiger partial charge in [0.1, 0.15) is 0 Å². The molecule has 0 aliphatic rings. The summed E-state index contributed by atoms with van der Waals surface area (Å²) in [5.41, 5.74) is -0.541. The number of hydrogen-bond donors (Lipinski definition) is 2. The van der Waals surface area contributed by atoms with E-state index in [2.05, 4.69) is 9.71 Å². The molecule has 1 heterocycles. The van der Waals surface area contributed by atoms with Crippen LogP contribution in [0.2, 0.25) is 0 Å². The summed E-state index contributed by atoms with van der Waals surface area (Å²) < 4.78 is 65.2. The Bertz CT molecular complexity index is 880. The van der Waals surface area contributed by atoms with Crippen molar-refractivity contribution in [3.05, 3.63) is 41.6 Å². The molecule has 0 saturated carbocycles. The molecule has 0 atom stereocenters. The molecule has 2 aromatic rings. The number of benzene rings is 1. The van der Waals surface area contributed by atoms with Crippen molar-refractivity contribution in [3.63, 3.8) is 0 Å². The van der Waals surface area contributed by atoms with E-state index in [1.807, 2.05) is 6.07 Å². The minimum atomic E-state index is -4.66. The highest BCUT2D eigenvalue weighted by Crippen LogP contribution is 2.38. The average Bonchev–Trinajstić information content (AvgIpc) is 2.95. The van der Waals surface area contributed by atoms with Crippen molar-refractivity contribution in [2.75, 3.05) is 10.5 Å². The van der Waals surface area contributed by atoms with Gasteiger partial charge in [0.2, 0.25) is 10.0 Å². The van der Waals surface area contributed by atoms with E-state index in [0.29, 0.717) is 5.69 Å². The van der Waals surface area contributed by atoms with Crippen LogP contribution >= 0.6 is 0 Å². The zero-order chi connectivity index (χ0) is 18.0. The van der Waals surface area contributed by atoms with Crippen LogP contribution in [0.1, 0.15) is 18.2 Å². The molecule has 0 radical (unpaired) electrons. The Balaban J connectivity index is 2.50. The van der Waals surface area contributed by atoms with Gasteiger partial charge in [-0.25, -0.2) is 8.42 Å². The summed E-state index contributed by atoms with van der Waals surface area (Å²) >= 11 is 0. The summed E-state index contributed by atoms with van der Waals surface area (Å²) in [5, 5.41) is 8.64. The summed E-state index contributed by atoms with van der Waals surface area (Å²) in [5.74, 6) is -0.246. The van der Waals surface area contributed by atoms with Crippen LogP contribution < -0.4 is 4.72 Å². The van der Waals surface area contributed by atoms with Crippen molar-refractivity contribution < 1.29 is 21.6 Å². The predicted molar refractivity (Wildman–Crippen MR) is 83.6 cm³/mol. The van der Waals surface area contributed by atoms with Crippen molar-refractivity contribution >= 4 is 15.7 Å². The third-order valence-corrected chi connectivity index (χ3v) is 4.59. The van der Waals surface area contributed by atoms with Gasteiger partial charge in [-0.05, 0) is 31.2 Å². The van der Waals surface area contributed by atoms with Gasteiger partial charge >= 0.3 is 6.18 Å². The lowest BCUT2D eigenvalue weighted by molar-refractivity contribution is -0.137. The molecular formula is C15H14F3N3O2S. The molecule has 1 aromatic heterocycles. The maximum Gasteiger partial charge on any atom is 0.417 e. The Morgan fingerprint density at radius 2 is 1.96 bits per heavy atom. The van der Waals surface area contributed by atoms with Crippen molar-refractivity contribution in [1.82, 2.24) is 4.98 Å². The van der Waals surface area contributed by atoms with E-state index < -0.39 is 21.8 Å². The van der Waals surface area contributed by atoms with Gasteiger partial charge in [-0.3, -0.25) is 4.72 Å². The highest BCUT2D eigenvalue weighted by atomic mass is 32.2. The van der Waals surface area contributed by atoms with Crippen molar-refractivity contribution in [3.8, 4) is 17.3 Å². The number of nitriles is 1. The Labute approximate surface area is 137 Å². The molecule has 0 spiro atoms. The minimum Gasteiger partial charge on any atom is -0.358 e. The lowest BCUT2D eigenvalue weighted by Gasteiger charge is -2.15. The molecule has 2 rings (SSSR count). The number of alkyl halides is 3. The second kappa shape index (κ2) is 6.57. The number of nitrogens with one attached hydrogen (secondary N) is 2. The summed E-state index contributed by atoms with van der Waals surface area (Å²) in [4.78, 5) is 2.76. The first kappa shape index (κ1) is 17.9. The zero-order valence-corrected chi connectivity index (χ0v) is 13.4. The van der Waals surface area contributed by atoms with Gasteiger partial charge in [-0.2, -0.15) is 18.4 Å². The maximum absolute atomic E-state index is 13.3. The van der Waals surface area contributed by atoms with Crippen LogP contribution in [-0.4, -0.2) is 19.2 Å². The molecule has 0 saturated heterocycles. The normalized spacial score (nSPS) is 12.0. The molecule has 2 N–H and O–H groups in total. The van der Waals surface area contributed by atoms with Gasteiger partial charge in [-0.1, -0.05) is 6.07 Å². The van der Waals surface area contributed by atoms with Crippen LogP contribution in [0, 0.1) is 11.3 Å². The number of halogens is 3. The average molecular weight is 357 g/mol. The van der Waals surface area contributed by atoms with Crippen LogP contribution in [0.5, 0.6) is 0 Å². The summed E-state index contributed by atoms with van der Waals surface area (Å²) in [6.45, 7) is 1.39. The van der Waals surface area contributed by atoms with Crippen molar-refractivity contribution in [1.29, 1.82) is 5.26 Å². The van der Waals surface area contributed by atoms with Crippen molar-refractivity contribution in [2.24, 2.45) is 0 Å². The van der Waals surface area contributed by atoms with Crippen molar-refractivity contribution in [2.45, 2.75) is 19.5 Å². The number of aromatic amines is 1. The lowest BCUT2D eigenvalue weighted by Crippen LogP contribution is -2.16. The number of anilines is 1. The summed E-state index contributed by atoms with van der Waals surface area (Å²) in [6.07, 6.45) is -4.61. The van der Waals surface area contributed by atoms with Gasteiger partial charge in [0, 0.05) is 22.6 Å². The van der Waals surface area contributed by atoms with Gasteiger partial charge in [0.15, 0.2) is 0 Å².